The lowest BCUT2D eigenvalue weighted by Crippen LogP contribution is -2.26. The molecule has 2 rings (SSSR count). The lowest BCUT2D eigenvalue weighted by molar-refractivity contribution is 0.0779. The average Bonchev–Trinajstić information content (AvgIpc) is 2.41. The Bertz CT molecular complexity index is 569. The summed E-state index contributed by atoms with van der Waals surface area (Å²) in [5.74, 6) is -0.455. The van der Waals surface area contributed by atoms with E-state index in [1.165, 1.54) is 12.1 Å². The number of benzene rings is 1. The van der Waals surface area contributed by atoms with Crippen LogP contribution in [0.1, 0.15) is 16.1 Å². The van der Waals surface area contributed by atoms with Crippen LogP contribution in [-0.2, 0) is 6.54 Å². The van der Waals surface area contributed by atoms with E-state index in [0.717, 1.165) is 10.0 Å². The van der Waals surface area contributed by atoms with Gasteiger partial charge in [0, 0.05) is 24.3 Å². The van der Waals surface area contributed by atoms with Gasteiger partial charge in [0.1, 0.15) is 11.5 Å². The van der Waals surface area contributed by atoms with Crippen LogP contribution in [0.3, 0.4) is 0 Å². The van der Waals surface area contributed by atoms with Crippen LogP contribution in [0.15, 0.2) is 47.1 Å². The molecular weight excluding hydrogens is 311 g/mol. The monoisotopic (exact) mass is 322 g/mol. The Morgan fingerprint density at radius 1 is 1.26 bits per heavy atom. The molecule has 0 spiro atoms. The minimum absolute atomic E-state index is 0.170. The second-order valence-corrected chi connectivity index (χ2v) is 5.07. The topological polar surface area (TPSA) is 33.2 Å². The normalized spacial score (nSPS) is 10.3. The molecule has 0 bridgehead atoms. The Hall–Kier alpha value is -1.75. The minimum atomic E-state index is -0.285. The SMILES string of the molecule is CN(Cc1ccc(F)cc1)C(=O)c1ccc(Br)cn1. The van der Waals surface area contributed by atoms with Gasteiger partial charge in [-0.3, -0.25) is 4.79 Å². The van der Waals surface area contributed by atoms with Crippen molar-refractivity contribution in [1.29, 1.82) is 0 Å². The Balaban J connectivity index is 2.07. The molecule has 0 fully saturated rings. The molecule has 1 heterocycles. The van der Waals surface area contributed by atoms with E-state index in [1.807, 2.05) is 0 Å². The maximum Gasteiger partial charge on any atom is 0.272 e. The number of rotatable bonds is 3. The van der Waals surface area contributed by atoms with Gasteiger partial charge in [0.2, 0.25) is 0 Å². The van der Waals surface area contributed by atoms with Crippen molar-refractivity contribution in [3.05, 3.63) is 64.1 Å². The Morgan fingerprint density at radius 3 is 2.53 bits per heavy atom. The van der Waals surface area contributed by atoms with Crippen LogP contribution in [0.5, 0.6) is 0 Å². The van der Waals surface area contributed by atoms with Gasteiger partial charge in [-0.05, 0) is 45.8 Å². The van der Waals surface area contributed by atoms with Gasteiger partial charge < -0.3 is 4.90 Å². The number of hydrogen-bond donors (Lipinski definition) is 0. The highest BCUT2D eigenvalue weighted by molar-refractivity contribution is 9.10. The summed E-state index contributed by atoms with van der Waals surface area (Å²) >= 11 is 3.27. The molecule has 0 saturated heterocycles. The summed E-state index contributed by atoms with van der Waals surface area (Å²) in [4.78, 5) is 17.7. The van der Waals surface area contributed by atoms with Crippen molar-refractivity contribution in [3.63, 3.8) is 0 Å². The van der Waals surface area contributed by atoms with E-state index in [9.17, 15) is 9.18 Å². The predicted molar refractivity (Wildman–Crippen MR) is 74.1 cm³/mol. The van der Waals surface area contributed by atoms with Gasteiger partial charge in [0.25, 0.3) is 5.91 Å². The van der Waals surface area contributed by atoms with E-state index in [4.69, 9.17) is 0 Å². The van der Waals surface area contributed by atoms with Crippen molar-refractivity contribution in [1.82, 2.24) is 9.88 Å². The molecule has 2 aromatic rings. The van der Waals surface area contributed by atoms with E-state index in [2.05, 4.69) is 20.9 Å². The summed E-state index contributed by atoms with van der Waals surface area (Å²) in [5.41, 5.74) is 1.25. The molecule has 0 aliphatic heterocycles. The molecule has 0 atom stereocenters. The number of hydrogen-bond acceptors (Lipinski definition) is 2. The van der Waals surface area contributed by atoms with Crippen LogP contribution >= 0.6 is 15.9 Å². The van der Waals surface area contributed by atoms with Gasteiger partial charge in [-0.15, -0.1) is 0 Å². The molecule has 0 N–H and O–H groups in total. The van der Waals surface area contributed by atoms with E-state index in [-0.39, 0.29) is 11.7 Å². The summed E-state index contributed by atoms with van der Waals surface area (Å²) < 4.78 is 13.6. The highest BCUT2D eigenvalue weighted by Crippen LogP contribution is 2.11. The van der Waals surface area contributed by atoms with Gasteiger partial charge in [-0.1, -0.05) is 12.1 Å². The highest BCUT2D eigenvalue weighted by atomic mass is 79.9. The zero-order chi connectivity index (χ0) is 13.8. The van der Waals surface area contributed by atoms with Crippen LogP contribution < -0.4 is 0 Å². The third-order valence-corrected chi connectivity index (χ3v) is 3.10. The quantitative estimate of drug-likeness (QED) is 0.869. The average molecular weight is 323 g/mol. The van der Waals surface area contributed by atoms with E-state index >= 15 is 0 Å². The summed E-state index contributed by atoms with van der Waals surface area (Å²) in [5, 5.41) is 0. The number of nitrogens with zero attached hydrogens (tertiary/aromatic N) is 2. The fraction of sp³-hybridized carbons (Fsp3) is 0.143. The molecule has 3 nitrogen and oxygen atoms in total. The molecule has 98 valence electrons. The molecule has 1 aromatic carbocycles. The first-order valence-corrected chi connectivity index (χ1v) is 6.47. The largest absolute Gasteiger partial charge is 0.336 e. The van der Waals surface area contributed by atoms with Crippen molar-refractivity contribution < 1.29 is 9.18 Å². The van der Waals surface area contributed by atoms with Crippen molar-refractivity contribution in [2.24, 2.45) is 0 Å². The third-order valence-electron chi connectivity index (χ3n) is 2.63. The van der Waals surface area contributed by atoms with Crippen molar-refractivity contribution in [3.8, 4) is 0 Å². The van der Waals surface area contributed by atoms with Crippen LogP contribution in [0, 0.1) is 5.82 Å². The van der Waals surface area contributed by atoms with Gasteiger partial charge in [0.15, 0.2) is 0 Å². The molecule has 0 aliphatic rings. The zero-order valence-electron chi connectivity index (χ0n) is 10.3. The first kappa shape index (κ1) is 13.7. The van der Waals surface area contributed by atoms with Crippen LogP contribution in [0.4, 0.5) is 4.39 Å². The second-order valence-electron chi connectivity index (χ2n) is 4.15. The van der Waals surface area contributed by atoms with Crippen molar-refractivity contribution in [2.75, 3.05) is 7.05 Å². The van der Waals surface area contributed by atoms with E-state index < -0.39 is 0 Å². The smallest absolute Gasteiger partial charge is 0.272 e. The molecule has 19 heavy (non-hydrogen) atoms. The zero-order valence-corrected chi connectivity index (χ0v) is 11.9. The van der Waals surface area contributed by atoms with E-state index in [1.54, 1.807) is 42.4 Å². The molecule has 1 aromatic heterocycles. The van der Waals surface area contributed by atoms with Gasteiger partial charge in [-0.2, -0.15) is 0 Å². The molecule has 0 unspecified atom stereocenters. The molecule has 0 radical (unpaired) electrons. The fourth-order valence-electron chi connectivity index (χ4n) is 1.63. The Labute approximate surface area is 119 Å². The lowest BCUT2D eigenvalue weighted by Gasteiger charge is -2.16. The van der Waals surface area contributed by atoms with Crippen LogP contribution in [-0.4, -0.2) is 22.8 Å². The number of carbonyl (C=O) groups is 1. The summed E-state index contributed by atoms with van der Waals surface area (Å²) in [6.07, 6.45) is 1.58. The molecule has 5 heteroatoms. The first-order valence-electron chi connectivity index (χ1n) is 5.68. The second kappa shape index (κ2) is 5.93. The first-order chi connectivity index (χ1) is 9.06. The molecular formula is C14H12BrFN2O. The summed E-state index contributed by atoms with van der Waals surface area (Å²) in [7, 11) is 1.69. The standard InChI is InChI=1S/C14H12BrFN2O/c1-18(9-10-2-5-12(16)6-3-10)14(19)13-7-4-11(15)8-17-13/h2-8H,9H2,1H3. The van der Waals surface area contributed by atoms with Gasteiger partial charge in [-0.25, -0.2) is 9.37 Å². The number of pyridine rings is 1. The maximum atomic E-state index is 12.8. The van der Waals surface area contributed by atoms with Crippen LogP contribution in [0.2, 0.25) is 0 Å². The number of halogens is 2. The minimum Gasteiger partial charge on any atom is -0.336 e. The molecule has 0 saturated carbocycles. The van der Waals surface area contributed by atoms with Crippen LogP contribution in [0.25, 0.3) is 0 Å². The third kappa shape index (κ3) is 3.61. The van der Waals surface area contributed by atoms with Gasteiger partial charge >= 0.3 is 0 Å². The highest BCUT2D eigenvalue weighted by Gasteiger charge is 2.13. The lowest BCUT2D eigenvalue weighted by atomic mass is 10.2. The van der Waals surface area contributed by atoms with Crippen molar-refractivity contribution in [2.45, 2.75) is 6.54 Å². The predicted octanol–water partition coefficient (Wildman–Crippen LogP) is 3.26. The number of carbonyl (C=O) groups excluding carboxylic acids is 1. The fourth-order valence-corrected chi connectivity index (χ4v) is 1.87. The van der Waals surface area contributed by atoms with Gasteiger partial charge in [0.05, 0.1) is 0 Å². The maximum absolute atomic E-state index is 12.8. The summed E-state index contributed by atoms with van der Waals surface area (Å²) in [6, 6.07) is 9.51. The number of aromatic nitrogens is 1. The summed E-state index contributed by atoms with van der Waals surface area (Å²) in [6.45, 7) is 0.414. The molecule has 1 amide bonds. The Kier molecular flexibility index (Phi) is 4.27. The Morgan fingerprint density at radius 2 is 1.95 bits per heavy atom. The van der Waals surface area contributed by atoms with E-state index in [0.29, 0.717) is 12.2 Å². The van der Waals surface area contributed by atoms with Crippen molar-refractivity contribution >= 4 is 21.8 Å². The molecule has 0 aliphatic carbocycles. The number of amides is 1.